The number of rotatable bonds is 4. The zero-order valence-corrected chi connectivity index (χ0v) is 20.1. The van der Waals surface area contributed by atoms with Gasteiger partial charge in [0, 0.05) is 38.3 Å². The molecule has 2 fully saturated rings. The standard InChI is InChI=1S/C23H34Cl2N2O3/c1-16-20(6-5-19(24)21(16)25)29-18-9-11-26(12-10-18)15-17-7-13-27(14-8-17)22(28)30-23(2,3)4/h5-6,17-18H,7-15H2,1-4H3. The minimum atomic E-state index is -0.434. The molecule has 2 aliphatic rings. The van der Waals surface area contributed by atoms with Gasteiger partial charge in [-0.2, -0.15) is 0 Å². The van der Waals surface area contributed by atoms with Gasteiger partial charge in [0.1, 0.15) is 17.5 Å². The zero-order valence-electron chi connectivity index (χ0n) is 18.5. The highest BCUT2D eigenvalue weighted by molar-refractivity contribution is 6.42. The van der Waals surface area contributed by atoms with Crippen molar-refractivity contribution in [2.75, 3.05) is 32.7 Å². The summed E-state index contributed by atoms with van der Waals surface area (Å²) >= 11 is 12.3. The van der Waals surface area contributed by atoms with Crippen molar-refractivity contribution in [2.45, 2.75) is 65.1 Å². The van der Waals surface area contributed by atoms with Crippen molar-refractivity contribution >= 4 is 29.3 Å². The summed E-state index contributed by atoms with van der Waals surface area (Å²) in [7, 11) is 0. The summed E-state index contributed by atoms with van der Waals surface area (Å²) in [5.74, 6) is 1.47. The topological polar surface area (TPSA) is 42.0 Å². The molecule has 0 bridgehead atoms. The molecule has 0 aromatic heterocycles. The fourth-order valence-electron chi connectivity index (χ4n) is 4.14. The minimum Gasteiger partial charge on any atom is -0.490 e. The average molecular weight is 457 g/mol. The molecule has 0 N–H and O–H groups in total. The summed E-state index contributed by atoms with van der Waals surface area (Å²) in [6, 6.07) is 3.71. The molecular formula is C23H34Cl2N2O3. The number of halogens is 2. The molecule has 5 nitrogen and oxygen atoms in total. The van der Waals surface area contributed by atoms with Crippen LogP contribution in [0.1, 0.15) is 52.0 Å². The Hall–Kier alpha value is -1.17. The van der Waals surface area contributed by atoms with Gasteiger partial charge in [0.15, 0.2) is 0 Å². The largest absolute Gasteiger partial charge is 0.490 e. The van der Waals surface area contributed by atoms with Crippen molar-refractivity contribution in [3.8, 4) is 5.75 Å². The van der Waals surface area contributed by atoms with E-state index in [1.807, 2.05) is 38.7 Å². The van der Waals surface area contributed by atoms with Crippen LogP contribution in [0.4, 0.5) is 4.79 Å². The van der Waals surface area contributed by atoms with E-state index >= 15 is 0 Å². The third-order valence-electron chi connectivity index (χ3n) is 5.90. The van der Waals surface area contributed by atoms with Gasteiger partial charge in [-0.05, 0) is 71.4 Å². The molecule has 0 radical (unpaired) electrons. The van der Waals surface area contributed by atoms with Crippen LogP contribution in [0.25, 0.3) is 0 Å². The maximum Gasteiger partial charge on any atom is 0.410 e. The van der Waals surface area contributed by atoms with Crippen LogP contribution in [0.3, 0.4) is 0 Å². The van der Waals surface area contributed by atoms with Crippen molar-refractivity contribution in [3.63, 3.8) is 0 Å². The number of carbonyl (C=O) groups excluding carboxylic acids is 1. The third kappa shape index (κ3) is 6.41. The Morgan fingerprint density at radius 1 is 1.07 bits per heavy atom. The molecule has 0 unspecified atom stereocenters. The van der Waals surface area contributed by atoms with Gasteiger partial charge in [0.05, 0.1) is 10.0 Å². The number of hydrogen-bond acceptors (Lipinski definition) is 4. The lowest BCUT2D eigenvalue weighted by atomic mass is 9.95. The van der Waals surface area contributed by atoms with E-state index in [4.69, 9.17) is 32.7 Å². The van der Waals surface area contributed by atoms with E-state index in [9.17, 15) is 4.79 Å². The van der Waals surface area contributed by atoms with E-state index in [-0.39, 0.29) is 12.2 Å². The summed E-state index contributed by atoms with van der Waals surface area (Å²) in [5.41, 5.74) is 0.472. The maximum absolute atomic E-state index is 12.2. The van der Waals surface area contributed by atoms with Crippen molar-refractivity contribution < 1.29 is 14.3 Å². The van der Waals surface area contributed by atoms with Crippen LogP contribution in [0.2, 0.25) is 10.0 Å². The molecule has 0 spiro atoms. The van der Waals surface area contributed by atoms with E-state index in [1.54, 1.807) is 6.07 Å². The summed E-state index contributed by atoms with van der Waals surface area (Å²) < 4.78 is 11.7. The van der Waals surface area contributed by atoms with Crippen LogP contribution >= 0.6 is 23.2 Å². The van der Waals surface area contributed by atoms with E-state index in [1.165, 1.54) is 0 Å². The fourth-order valence-corrected chi connectivity index (χ4v) is 4.50. The number of carbonyl (C=O) groups is 1. The zero-order chi connectivity index (χ0) is 21.9. The molecule has 0 aliphatic carbocycles. The molecule has 7 heteroatoms. The Kier molecular flexibility index (Phi) is 7.81. The summed E-state index contributed by atoms with van der Waals surface area (Å²) in [6.07, 6.45) is 4.13. The van der Waals surface area contributed by atoms with Gasteiger partial charge >= 0.3 is 6.09 Å². The Labute approximate surface area is 190 Å². The number of piperidine rings is 2. The maximum atomic E-state index is 12.2. The number of benzene rings is 1. The predicted molar refractivity (Wildman–Crippen MR) is 122 cm³/mol. The Balaban J connectivity index is 1.40. The van der Waals surface area contributed by atoms with Crippen LogP contribution < -0.4 is 4.74 Å². The van der Waals surface area contributed by atoms with E-state index in [0.29, 0.717) is 16.0 Å². The first-order chi connectivity index (χ1) is 14.1. The van der Waals surface area contributed by atoms with Crippen LogP contribution in [0.15, 0.2) is 12.1 Å². The summed E-state index contributed by atoms with van der Waals surface area (Å²) in [4.78, 5) is 16.6. The summed E-state index contributed by atoms with van der Waals surface area (Å²) in [6.45, 7) is 12.4. The number of amides is 1. The molecule has 1 aromatic carbocycles. The first kappa shape index (κ1) is 23.5. The molecule has 2 saturated heterocycles. The van der Waals surface area contributed by atoms with E-state index in [2.05, 4.69) is 4.90 Å². The van der Waals surface area contributed by atoms with Crippen LogP contribution in [-0.2, 0) is 4.74 Å². The average Bonchev–Trinajstić information content (AvgIpc) is 2.69. The molecule has 0 atom stereocenters. The molecule has 0 saturated carbocycles. The first-order valence-corrected chi connectivity index (χ1v) is 11.7. The van der Waals surface area contributed by atoms with E-state index in [0.717, 1.165) is 69.7 Å². The molecule has 30 heavy (non-hydrogen) atoms. The normalized spacial score (nSPS) is 19.7. The minimum absolute atomic E-state index is 0.184. The highest BCUT2D eigenvalue weighted by Gasteiger charge is 2.29. The van der Waals surface area contributed by atoms with Crippen molar-refractivity contribution in [2.24, 2.45) is 5.92 Å². The second kappa shape index (κ2) is 9.97. The number of hydrogen-bond donors (Lipinski definition) is 0. The molecule has 2 heterocycles. The monoisotopic (exact) mass is 456 g/mol. The molecule has 3 rings (SSSR count). The second-order valence-electron chi connectivity index (χ2n) is 9.51. The van der Waals surface area contributed by atoms with Crippen LogP contribution in [0.5, 0.6) is 5.75 Å². The van der Waals surface area contributed by atoms with Crippen LogP contribution in [-0.4, -0.2) is 60.3 Å². The highest BCUT2D eigenvalue weighted by Crippen LogP contribution is 2.33. The van der Waals surface area contributed by atoms with Gasteiger partial charge < -0.3 is 19.3 Å². The van der Waals surface area contributed by atoms with Gasteiger partial charge in [0.25, 0.3) is 0 Å². The smallest absolute Gasteiger partial charge is 0.410 e. The number of ether oxygens (including phenoxy) is 2. The van der Waals surface area contributed by atoms with Gasteiger partial charge in [-0.1, -0.05) is 23.2 Å². The van der Waals surface area contributed by atoms with E-state index < -0.39 is 5.60 Å². The number of nitrogens with zero attached hydrogens (tertiary/aromatic N) is 2. The molecule has 1 amide bonds. The van der Waals surface area contributed by atoms with Crippen LogP contribution in [0, 0.1) is 12.8 Å². The van der Waals surface area contributed by atoms with Gasteiger partial charge in [-0.3, -0.25) is 0 Å². The Morgan fingerprint density at radius 2 is 1.70 bits per heavy atom. The Morgan fingerprint density at radius 3 is 2.30 bits per heavy atom. The summed E-state index contributed by atoms with van der Waals surface area (Å²) in [5, 5.41) is 1.14. The van der Waals surface area contributed by atoms with Gasteiger partial charge in [-0.25, -0.2) is 4.79 Å². The first-order valence-electron chi connectivity index (χ1n) is 10.9. The highest BCUT2D eigenvalue weighted by atomic mass is 35.5. The quantitative estimate of drug-likeness (QED) is 0.574. The predicted octanol–water partition coefficient (Wildman–Crippen LogP) is 5.79. The molecule has 1 aromatic rings. The lowest BCUT2D eigenvalue weighted by Gasteiger charge is -2.38. The SMILES string of the molecule is Cc1c(OC2CCN(CC3CCN(C(=O)OC(C)(C)C)CC3)CC2)ccc(Cl)c1Cl. The molecule has 168 valence electrons. The lowest BCUT2D eigenvalue weighted by Crippen LogP contribution is -2.45. The third-order valence-corrected chi connectivity index (χ3v) is 6.80. The molecule has 2 aliphatic heterocycles. The lowest BCUT2D eigenvalue weighted by molar-refractivity contribution is 0.0156. The Bertz CT molecular complexity index is 735. The van der Waals surface area contributed by atoms with Crippen molar-refractivity contribution in [1.82, 2.24) is 9.80 Å². The number of likely N-dealkylation sites (tertiary alicyclic amines) is 2. The molecular weight excluding hydrogens is 423 g/mol. The van der Waals surface area contributed by atoms with Gasteiger partial charge in [-0.15, -0.1) is 0 Å². The van der Waals surface area contributed by atoms with Crippen molar-refractivity contribution in [1.29, 1.82) is 0 Å². The second-order valence-corrected chi connectivity index (χ2v) is 10.3. The fraction of sp³-hybridized carbons (Fsp3) is 0.696. The van der Waals surface area contributed by atoms with Crippen molar-refractivity contribution in [3.05, 3.63) is 27.7 Å². The van der Waals surface area contributed by atoms with Gasteiger partial charge in [0.2, 0.25) is 0 Å².